The van der Waals surface area contributed by atoms with Crippen molar-refractivity contribution in [2.45, 2.75) is 19.5 Å². The lowest BCUT2D eigenvalue weighted by atomic mass is 10.2. The smallest absolute Gasteiger partial charge is 0.327 e. The van der Waals surface area contributed by atoms with E-state index in [4.69, 9.17) is 14.6 Å². The predicted octanol–water partition coefficient (Wildman–Crippen LogP) is 0.383. The van der Waals surface area contributed by atoms with Crippen molar-refractivity contribution in [2.24, 2.45) is 0 Å². The lowest BCUT2D eigenvalue weighted by Crippen LogP contribution is -2.46. The molecule has 0 heterocycles. The quantitative estimate of drug-likeness (QED) is 0.642. The fourth-order valence-electron chi connectivity index (χ4n) is 1.79. The SMILES string of the molecule is COc1ccc(CNCC(NC(C)=O)C(=O)O)c(OC)c1. The molecule has 7 heteroatoms. The third kappa shape index (κ3) is 5.31. The minimum Gasteiger partial charge on any atom is -0.497 e. The molecule has 0 saturated carbocycles. The van der Waals surface area contributed by atoms with E-state index in [-0.39, 0.29) is 12.5 Å². The third-order valence-corrected chi connectivity index (χ3v) is 2.83. The number of benzene rings is 1. The number of carbonyl (C=O) groups is 2. The molecular formula is C14H20N2O5. The van der Waals surface area contributed by atoms with Crippen molar-refractivity contribution in [3.8, 4) is 11.5 Å². The summed E-state index contributed by atoms with van der Waals surface area (Å²) in [6.45, 7) is 1.81. The number of ether oxygens (including phenoxy) is 2. The molecule has 1 amide bonds. The zero-order valence-electron chi connectivity index (χ0n) is 12.3. The maximum Gasteiger partial charge on any atom is 0.327 e. The summed E-state index contributed by atoms with van der Waals surface area (Å²) >= 11 is 0. The number of hydrogen-bond acceptors (Lipinski definition) is 5. The second kappa shape index (κ2) is 8.11. The Hall–Kier alpha value is -2.28. The molecule has 1 aromatic carbocycles. The first kappa shape index (κ1) is 16.8. The number of carboxylic acids is 1. The Kier molecular flexibility index (Phi) is 6.48. The van der Waals surface area contributed by atoms with Crippen molar-refractivity contribution in [3.05, 3.63) is 23.8 Å². The third-order valence-electron chi connectivity index (χ3n) is 2.83. The molecule has 0 spiro atoms. The van der Waals surface area contributed by atoms with Crippen molar-refractivity contribution in [1.82, 2.24) is 10.6 Å². The highest BCUT2D eigenvalue weighted by atomic mass is 16.5. The van der Waals surface area contributed by atoms with Crippen LogP contribution in [0.25, 0.3) is 0 Å². The molecule has 0 aliphatic carbocycles. The van der Waals surface area contributed by atoms with Crippen LogP contribution in [-0.2, 0) is 16.1 Å². The number of hydrogen-bond donors (Lipinski definition) is 3. The summed E-state index contributed by atoms with van der Waals surface area (Å²) in [5.74, 6) is -0.142. The van der Waals surface area contributed by atoms with Crippen LogP contribution in [0.15, 0.2) is 18.2 Å². The summed E-state index contributed by atoms with van der Waals surface area (Å²) in [6.07, 6.45) is 0. The average Bonchev–Trinajstić information content (AvgIpc) is 2.45. The van der Waals surface area contributed by atoms with Crippen molar-refractivity contribution >= 4 is 11.9 Å². The van der Waals surface area contributed by atoms with Crippen LogP contribution in [0.4, 0.5) is 0 Å². The van der Waals surface area contributed by atoms with E-state index < -0.39 is 12.0 Å². The Morgan fingerprint density at radius 1 is 1.29 bits per heavy atom. The van der Waals surface area contributed by atoms with Gasteiger partial charge in [-0.25, -0.2) is 4.79 Å². The average molecular weight is 296 g/mol. The molecule has 1 aromatic rings. The van der Waals surface area contributed by atoms with Gasteiger partial charge in [0.05, 0.1) is 14.2 Å². The van der Waals surface area contributed by atoms with E-state index in [9.17, 15) is 9.59 Å². The molecule has 0 saturated heterocycles. The number of amides is 1. The molecule has 7 nitrogen and oxygen atoms in total. The van der Waals surface area contributed by atoms with Gasteiger partial charge in [-0.15, -0.1) is 0 Å². The van der Waals surface area contributed by atoms with Crippen molar-refractivity contribution in [1.29, 1.82) is 0 Å². The first-order valence-corrected chi connectivity index (χ1v) is 6.39. The largest absolute Gasteiger partial charge is 0.497 e. The number of aliphatic carboxylic acids is 1. The number of carboxylic acid groups (broad SMARTS) is 1. The summed E-state index contributed by atoms with van der Waals surface area (Å²) < 4.78 is 10.4. The molecule has 0 radical (unpaired) electrons. The van der Waals surface area contributed by atoms with Crippen molar-refractivity contribution < 1.29 is 24.2 Å². The Labute approximate surface area is 123 Å². The molecule has 3 N–H and O–H groups in total. The van der Waals surface area contributed by atoms with Gasteiger partial charge in [0.15, 0.2) is 0 Å². The van der Waals surface area contributed by atoms with Crippen LogP contribution in [-0.4, -0.2) is 43.8 Å². The van der Waals surface area contributed by atoms with Crippen molar-refractivity contribution in [2.75, 3.05) is 20.8 Å². The normalized spacial score (nSPS) is 11.6. The first-order valence-electron chi connectivity index (χ1n) is 6.39. The van der Waals surface area contributed by atoms with Crippen molar-refractivity contribution in [3.63, 3.8) is 0 Å². The minimum absolute atomic E-state index is 0.115. The molecule has 0 aliphatic rings. The van der Waals surface area contributed by atoms with Gasteiger partial charge >= 0.3 is 5.97 Å². The second-order valence-corrected chi connectivity index (χ2v) is 4.40. The number of carbonyl (C=O) groups excluding carboxylic acids is 1. The Bertz CT molecular complexity index is 504. The van der Waals surface area contributed by atoms with Crippen LogP contribution in [0, 0.1) is 0 Å². The highest BCUT2D eigenvalue weighted by Gasteiger charge is 2.17. The van der Waals surface area contributed by atoms with Gasteiger partial charge < -0.3 is 25.2 Å². The lowest BCUT2D eigenvalue weighted by molar-refractivity contribution is -0.141. The monoisotopic (exact) mass is 296 g/mol. The van der Waals surface area contributed by atoms with Gasteiger partial charge in [-0.1, -0.05) is 6.07 Å². The number of methoxy groups -OCH3 is 2. The molecule has 116 valence electrons. The van der Waals surface area contributed by atoms with E-state index in [2.05, 4.69) is 10.6 Å². The van der Waals surface area contributed by atoms with E-state index in [1.807, 2.05) is 6.07 Å². The van der Waals surface area contributed by atoms with Crippen LogP contribution < -0.4 is 20.1 Å². The Morgan fingerprint density at radius 2 is 2.00 bits per heavy atom. The van der Waals surface area contributed by atoms with E-state index in [0.717, 1.165) is 5.56 Å². The molecule has 0 bridgehead atoms. The maximum absolute atomic E-state index is 11.0. The summed E-state index contributed by atoms with van der Waals surface area (Å²) in [6, 6.07) is 4.41. The molecule has 1 rings (SSSR count). The second-order valence-electron chi connectivity index (χ2n) is 4.40. The predicted molar refractivity (Wildman–Crippen MR) is 76.5 cm³/mol. The summed E-state index contributed by atoms with van der Waals surface area (Å²) in [7, 11) is 3.12. The van der Waals surface area contributed by atoms with Crippen LogP contribution in [0.5, 0.6) is 11.5 Å². The minimum atomic E-state index is -1.08. The van der Waals surface area contributed by atoms with E-state index >= 15 is 0 Å². The molecule has 21 heavy (non-hydrogen) atoms. The standard InChI is InChI=1S/C14H20N2O5/c1-9(17)16-12(14(18)19)8-15-7-10-4-5-11(20-2)6-13(10)21-3/h4-6,12,15H,7-8H2,1-3H3,(H,16,17)(H,18,19). The molecule has 1 unspecified atom stereocenters. The topological polar surface area (TPSA) is 96.9 Å². The van der Waals surface area contributed by atoms with E-state index in [1.54, 1.807) is 26.4 Å². The van der Waals surface area contributed by atoms with Crippen LogP contribution >= 0.6 is 0 Å². The zero-order chi connectivity index (χ0) is 15.8. The highest BCUT2D eigenvalue weighted by Crippen LogP contribution is 2.24. The Morgan fingerprint density at radius 3 is 2.52 bits per heavy atom. The summed E-state index contributed by atoms with van der Waals surface area (Å²) in [5, 5.41) is 14.3. The lowest BCUT2D eigenvalue weighted by Gasteiger charge is -2.15. The van der Waals surface area contributed by atoms with Crippen LogP contribution in [0.2, 0.25) is 0 Å². The van der Waals surface area contributed by atoms with E-state index in [0.29, 0.717) is 18.0 Å². The summed E-state index contributed by atoms with van der Waals surface area (Å²) in [4.78, 5) is 21.9. The van der Waals surface area contributed by atoms with Gasteiger partial charge in [0.25, 0.3) is 0 Å². The Balaban J connectivity index is 2.62. The number of nitrogens with one attached hydrogen (secondary N) is 2. The van der Waals surface area contributed by atoms with Crippen LogP contribution in [0.1, 0.15) is 12.5 Å². The molecule has 0 aromatic heterocycles. The fraction of sp³-hybridized carbons (Fsp3) is 0.429. The fourth-order valence-corrected chi connectivity index (χ4v) is 1.79. The highest BCUT2D eigenvalue weighted by molar-refractivity contribution is 5.82. The van der Waals surface area contributed by atoms with Gasteiger partial charge in [-0.3, -0.25) is 4.79 Å². The first-order chi connectivity index (χ1) is 9.97. The molecular weight excluding hydrogens is 276 g/mol. The molecule has 0 aliphatic heterocycles. The maximum atomic E-state index is 11.0. The van der Waals surface area contributed by atoms with Gasteiger partial charge in [-0.05, 0) is 6.07 Å². The van der Waals surface area contributed by atoms with Gasteiger partial charge in [0, 0.05) is 31.6 Å². The van der Waals surface area contributed by atoms with Gasteiger partial charge in [0.1, 0.15) is 17.5 Å². The molecule has 0 fully saturated rings. The van der Waals surface area contributed by atoms with E-state index in [1.165, 1.54) is 6.92 Å². The molecule has 1 atom stereocenters. The number of rotatable bonds is 8. The van der Waals surface area contributed by atoms with Crippen LogP contribution in [0.3, 0.4) is 0 Å². The van der Waals surface area contributed by atoms with Gasteiger partial charge in [0.2, 0.25) is 5.91 Å². The van der Waals surface area contributed by atoms with Gasteiger partial charge in [-0.2, -0.15) is 0 Å². The summed E-state index contributed by atoms with van der Waals surface area (Å²) in [5.41, 5.74) is 0.866. The zero-order valence-corrected chi connectivity index (χ0v) is 12.3.